The van der Waals surface area contributed by atoms with E-state index >= 15 is 0 Å². The van der Waals surface area contributed by atoms with Gasteiger partial charge in [-0.2, -0.15) is 4.98 Å². The number of benzene rings is 2. The molecule has 6 rings (SSSR count). The van der Waals surface area contributed by atoms with Crippen molar-refractivity contribution in [1.82, 2.24) is 15.3 Å². The van der Waals surface area contributed by atoms with E-state index in [1.807, 2.05) is 6.07 Å². The molecule has 3 aliphatic rings. The first-order chi connectivity index (χ1) is 19.1. The van der Waals surface area contributed by atoms with Crippen molar-refractivity contribution >= 4 is 29.7 Å². The highest BCUT2D eigenvalue weighted by atomic mass is 32.2. The van der Waals surface area contributed by atoms with Gasteiger partial charge >= 0.3 is 6.09 Å². The number of alkyl carbamates (subject to hydrolysis) is 1. The lowest BCUT2D eigenvalue weighted by molar-refractivity contribution is 0.121. The fourth-order valence-corrected chi connectivity index (χ4v) is 6.93. The zero-order valence-electron chi connectivity index (χ0n) is 23.8. The Morgan fingerprint density at radius 2 is 1.80 bits per heavy atom. The number of ether oxygens (including phenoxy) is 2. The second kappa shape index (κ2) is 10.2. The average Bonchev–Trinajstić information content (AvgIpc) is 3.27. The van der Waals surface area contributed by atoms with Crippen LogP contribution in [0.1, 0.15) is 51.2 Å². The van der Waals surface area contributed by atoms with E-state index in [0.29, 0.717) is 25.0 Å². The maximum Gasteiger partial charge on any atom is 0.407 e. The van der Waals surface area contributed by atoms with Crippen LogP contribution in [0.3, 0.4) is 0 Å². The van der Waals surface area contributed by atoms with Crippen LogP contribution in [0.25, 0.3) is 11.3 Å². The van der Waals surface area contributed by atoms with Crippen molar-refractivity contribution in [2.45, 2.75) is 76.4 Å². The molecule has 3 aromatic rings. The monoisotopic (exact) mass is 559 g/mol. The van der Waals surface area contributed by atoms with E-state index in [-0.39, 0.29) is 29.1 Å². The lowest BCUT2D eigenvalue weighted by Gasteiger charge is -2.52. The van der Waals surface area contributed by atoms with Gasteiger partial charge in [0.2, 0.25) is 11.8 Å². The van der Waals surface area contributed by atoms with Gasteiger partial charge in [0.1, 0.15) is 13.2 Å². The number of aryl methyl sites for hydroxylation is 2. The van der Waals surface area contributed by atoms with Gasteiger partial charge in [-0.1, -0.05) is 45.0 Å². The summed E-state index contributed by atoms with van der Waals surface area (Å²) >= 11 is 1.50. The molecule has 1 atom stereocenters. The molecule has 2 aromatic carbocycles. The van der Waals surface area contributed by atoms with E-state index in [1.54, 1.807) is 0 Å². The van der Waals surface area contributed by atoms with Crippen molar-refractivity contribution in [2.75, 3.05) is 22.8 Å². The Morgan fingerprint density at radius 3 is 2.50 bits per heavy atom. The summed E-state index contributed by atoms with van der Waals surface area (Å²) in [4.78, 5) is 25.1. The summed E-state index contributed by atoms with van der Waals surface area (Å²) in [5, 5.41) is 3.06. The molecular weight excluding hydrogens is 522 g/mol. The van der Waals surface area contributed by atoms with Crippen LogP contribution in [0.5, 0.6) is 5.88 Å². The number of rotatable bonds is 3. The third-order valence-electron chi connectivity index (χ3n) is 7.97. The number of amides is 1. The van der Waals surface area contributed by atoms with Crippen LogP contribution < -0.4 is 19.7 Å². The van der Waals surface area contributed by atoms with Gasteiger partial charge in [0.25, 0.3) is 0 Å². The Morgan fingerprint density at radius 1 is 1.05 bits per heavy atom. The molecule has 1 unspecified atom stereocenters. The zero-order chi connectivity index (χ0) is 28.1. The Hall–Kier alpha value is -3.46. The normalized spacial score (nSPS) is 24.1. The highest BCUT2D eigenvalue weighted by molar-refractivity contribution is 8.00. The lowest BCUT2D eigenvalue weighted by atomic mass is 9.71. The summed E-state index contributed by atoms with van der Waals surface area (Å²) in [6, 6.07) is 17.2. The van der Waals surface area contributed by atoms with Crippen molar-refractivity contribution in [3.05, 3.63) is 59.7 Å². The van der Waals surface area contributed by atoms with Gasteiger partial charge < -0.3 is 19.7 Å². The number of cyclic esters (lactones) is 1. The van der Waals surface area contributed by atoms with Crippen molar-refractivity contribution in [3.63, 3.8) is 0 Å². The van der Waals surface area contributed by atoms with Crippen LogP contribution in [0.15, 0.2) is 53.4 Å². The van der Waals surface area contributed by atoms with Gasteiger partial charge in [0, 0.05) is 28.3 Å². The number of nitrogens with one attached hydrogen (secondary N) is 2. The molecule has 3 heterocycles. The molecule has 0 radical (unpaired) electrons. The smallest absolute Gasteiger partial charge is 0.407 e. The molecule has 40 heavy (non-hydrogen) atoms. The first-order valence-electron chi connectivity index (χ1n) is 13.9. The molecule has 1 aliphatic carbocycles. The van der Waals surface area contributed by atoms with Gasteiger partial charge in [-0.3, -0.25) is 4.72 Å². The molecule has 1 saturated heterocycles. The summed E-state index contributed by atoms with van der Waals surface area (Å²) in [5.41, 5.74) is 5.22. The average molecular weight is 560 g/mol. The fraction of sp³-hybridized carbons (Fsp3) is 0.452. The van der Waals surface area contributed by atoms with Crippen molar-refractivity contribution in [2.24, 2.45) is 5.41 Å². The number of anilines is 2. The molecule has 1 aromatic heterocycles. The van der Waals surface area contributed by atoms with Gasteiger partial charge in [-0.15, -0.1) is 0 Å². The summed E-state index contributed by atoms with van der Waals surface area (Å²) < 4.78 is 15.2. The molecular formula is C31H37N5O3S. The molecule has 9 heteroatoms. The number of hydrogen-bond acceptors (Lipinski definition) is 8. The van der Waals surface area contributed by atoms with Gasteiger partial charge in [-0.05, 0) is 79.8 Å². The topological polar surface area (TPSA) is 88.6 Å². The second-order valence-electron chi connectivity index (χ2n) is 12.6. The highest BCUT2D eigenvalue weighted by Gasteiger charge is 2.53. The quantitative estimate of drug-likeness (QED) is 0.351. The zero-order valence-corrected chi connectivity index (χ0v) is 24.6. The molecule has 4 bridgehead atoms. The van der Waals surface area contributed by atoms with Crippen LogP contribution in [0, 0.1) is 19.3 Å². The molecule has 2 fully saturated rings. The van der Waals surface area contributed by atoms with Crippen molar-refractivity contribution < 1.29 is 14.3 Å². The van der Waals surface area contributed by atoms with E-state index < -0.39 is 0 Å². The Labute approximate surface area is 240 Å². The number of aromatic nitrogens is 2. The Kier molecular flexibility index (Phi) is 6.81. The third kappa shape index (κ3) is 5.44. The maximum absolute atomic E-state index is 11.9. The summed E-state index contributed by atoms with van der Waals surface area (Å²) in [6.45, 7) is 11.9. The number of hydrogen-bond donors (Lipinski definition) is 2. The molecule has 2 N–H and O–H groups in total. The largest absolute Gasteiger partial charge is 0.475 e. The highest BCUT2D eigenvalue weighted by Crippen LogP contribution is 2.43. The van der Waals surface area contributed by atoms with E-state index in [1.165, 1.54) is 11.9 Å². The molecule has 1 saturated carbocycles. The summed E-state index contributed by atoms with van der Waals surface area (Å²) in [7, 11) is 0. The third-order valence-corrected chi connectivity index (χ3v) is 8.75. The van der Waals surface area contributed by atoms with E-state index in [4.69, 9.17) is 19.4 Å². The maximum atomic E-state index is 11.9. The first-order valence-corrected chi connectivity index (χ1v) is 14.7. The number of nitrogens with zero attached hydrogens (tertiary/aromatic N) is 3. The van der Waals surface area contributed by atoms with Gasteiger partial charge in [-0.25, -0.2) is 9.78 Å². The fourth-order valence-electron chi connectivity index (χ4n) is 6.30. The molecule has 1 spiro atoms. The van der Waals surface area contributed by atoms with Crippen LogP contribution in [-0.4, -0.2) is 46.9 Å². The molecule has 1 amide bonds. The van der Waals surface area contributed by atoms with Crippen LogP contribution >= 0.6 is 11.9 Å². The van der Waals surface area contributed by atoms with Crippen LogP contribution in [0.4, 0.5) is 16.4 Å². The lowest BCUT2D eigenvalue weighted by Crippen LogP contribution is -2.64. The molecule has 210 valence electrons. The van der Waals surface area contributed by atoms with Crippen LogP contribution in [-0.2, 0) is 4.74 Å². The van der Waals surface area contributed by atoms with Gasteiger partial charge in [0.05, 0.1) is 17.3 Å². The first kappa shape index (κ1) is 26.7. The minimum absolute atomic E-state index is 0.0731. The predicted molar refractivity (Wildman–Crippen MR) is 159 cm³/mol. The number of carbonyl (C=O) groups excluding carboxylic acids is 1. The molecule has 8 nitrogen and oxygen atoms in total. The number of carbonyl (C=O) groups is 1. The van der Waals surface area contributed by atoms with Crippen LogP contribution in [0.2, 0.25) is 0 Å². The second-order valence-corrected chi connectivity index (χ2v) is 13.4. The van der Waals surface area contributed by atoms with Gasteiger partial charge in [0.15, 0.2) is 0 Å². The van der Waals surface area contributed by atoms with Crippen molar-refractivity contribution in [3.8, 4) is 17.1 Å². The Bertz CT molecular complexity index is 1410. The predicted octanol–water partition coefficient (Wildman–Crippen LogP) is 6.52. The van der Waals surface area contributed by atoms with E-state index in [2.05, 4.69) is 92.0 Å². The minimum atomic E-state index is -0.314. The summed E-state index contributed by atoms with van der Waals surface area (Å²) in [6.07, 6.45) is 2.29. The Balaban J connectivity index is 1.39. The molecule has 2 aliphatic heterocycles. The standard InChI is InChI=1S/C31H37N5O3S/c1-19-8-6-9-20(2)27(19)25-13-26-33-28(32-25)35-40-24-11-7-10-21(12-24)36(23(17-38-26)14-30(3,4)5)22-15-31(16-22)18-39-29(37)34-31/h6-13,22-23H,14-18H2,1-5H3,(H,34,37)(H,32,33,35). The van der Waals surface area contributed by atoms with E-state index in [0.717, 1.165) is 52.2 Å². The van der Waals surface area contributed by atoms with Crippen molar-refractivity contribution in [1.29, 1.82) is 0 Å². The SMILES string of the molecule is Cc1cccc(C)c1-c1cc2nc(n1)NSc1cccc(c1)N(C1CC3(COC(=O)N3)C1)C(CC(C)(C)C)CO2. The summed E-state index contributed by atoms with van der Waals surface area (Å²) in [5.74, 6) is 1.08. The number of fused-ring (bicyclic) bond motifs is 4. The van der Waals surface area contributed by atoms with E-state index in [9.17, 15) is 4.79 Å². The minimum Gasteiger partial charge on any atom is -0.475 e.